The highest BCUT2D eigenvalue weighted by Gasteiger charge is 2.16. The van der Waals surface area contributed by atoms with Crippen molar-refractivity contribution in [1.29, 1.82) is 0 Å². The number of aryl methyl sites for hydroxylation is 2. The van der Waals surface area contributed by atoms with Crippen LogP contribution in [0.1, 0.15) is 17.5 Å². The number of aromatic nitrogens is 1. The van der Waals surface area contributed by atoms with Crippen LogP contribution in [0.2, 0.25) is 0 Å². The van der Waals surface area contributed by atoms with E-state index in [9.17, 15) is 0 Å². The summed E-state index contributed by atoms with van der Waals surface area (Å²) in [4.78, 5) is 9.17. The molecule has 1 aliphatic rings. The molecule has 2 aromatic rings. The van der Waals surface area contributed by atoms with Crippen LogP contribution in [0.5, 0.6) is 0 Å². The van der Waals surface area contributed by atoms with E-state index in [0.29, 0.717) is 0 Å². The van der Waals surface area contributed by atoms with Gasteiger partial charge in [0, 0.05) is 44.3 Å². The van der Waals surface area contributed by atoms with Crippen LogP contribution in [0.25, 0.3) is 0 Å². The minimum atomic E-state index is 1.14. The second-order valence-electron chi connectivity index (χ2n) is 6.13. The number of nitrogens with zero attached hydrogens (tertiary/aromatic N) is 3. The number of anilines is 1. The molecule has 1 aliphatic heterocycles. The molecule has 0 N–H and O–H groups in total. The molecule has 1 aromatic carbocycles. The van der Waals surface area contributed by atoms with Gasteiger partial charge in [-0.25, -0.2) is 0 Å². The molecule has 0 unspecified atom stereocenters. The molecule has 0 atom stereocenters. The van der Waals surface area contributed by atoms with Gasteiger partial charge in [0.1, 0.15) is 0 Å². The van der Waals surface area contributed by atoms with Gasteiger partial charge in [-0.1, -0.05) is 12.1 Å². The van der Waals surface area contributed by atoms with Crippen LogP contribution in [0, 0.1) is 6.92 Å². The van der Waals surface area contributed by atoms with Crippen molar-refractivity contribution in [3.8, 4) is 0 Å². The SMILES string of the molecule is Cc1cccc(N2CCN(CCCc3ccncc3)CC2)c1. The zero-order valence-electron chi connectivity index (χ0n) is 13.4. The van der Waals surface area contributed by atoms with Gasteiger partial charge in [0.25, 0.3) is 0 Å². The van der Waals surface area contributed by atoms with E-state index < -0.39 is 0 Å². The van der Waals surface area contributed by atoms with Gasteiger partial charge in [-0.3, -0.25) is 9.88 Å². The van der Waals surface area contributed by atoms with Gasteiger partial charge >= 0.3 is 0 Å². The molecule has 3 rings (SSSR count). The quantitative estimate of drug-likeness (QED) is 0.845. The van der Waals surface area contributed by atoms with E-state index in [1.165, 1.54) is 42.9 Å². The van der Waals surface area contributed by atoms with E-state index in [1.807, 2.05) is 12.4 Å². The number of benzene rings is 1. The summed E-state index contributed by atoms with van der Waals surface area (Å²) in [5.41, 5.74) is 4.11. The Balaban J connectivity index is 1.42. The molecule has 0 spiro atoms. The molecule has 1 fully saturated rings. The van der Waals surface area contributed by atoms with Crippen LogP contribution < -0.4 is 4.90 Å². The first-order chi connectivity index (χ1) is 10.8. The number of hydrogen-bond acceptors (Lipinski definition) is 3. The van der Waals surface area contributed by atoms with Crippen LogP contribution in [0.4, 0.5) is 5.69 Å². The monoisotopic (exact) mass is 295 g/mol. The third kappa shape index (κ3) is 4.08. The summed E-state index contributed by atoms with van der Waals surface area (Å²) in [6.07, 6.45) is 6.15. The Hall–Kier alpha value is -1.87. The normalized spacial score (nSPS) is 16.0. The average molecular weight is 295 g/mol. The van der Waals surface area contributed by atoms with Gasteiger partial charge < -0.3 is 4.90 Å². The lowest BCUT2D eigenvalue weighted by Gasteiger charge is -2.36. The Morgan fingerprint density at radius 1 is 1.00 bits per heavy atom. The van der Waals surface area contributed by atoms with Crippen LogP contribution in [0.15, 0.2) is 48.8 Å². The molecule has 3 nitrogen and oxygen atoms in total. The van der Waals surface area contributed by atoms with Crippen molar-refractivity contribution < 1.29 is 0 Å². The maximum Gasteiger partial charge on any atom is 0.0369 e. The Bertz CT molecular complexity index is 574. The van der Waals surface area contributed by atoms with Gasteiger partial charge in [-0.05, 0) is 61.7 Å². The first-order valence-electron chi connectivity index (χ1n) is 8.24. The standard InChI is InChI=1S/C19H25N3/c1-17-4-2-6-19(16-17)22-14-12-21(13-15-22)11-3-5-18-7-9-20-10-8-18/h2,4,6-10,16H,3,5,11-15H2,1H3. The Morgan fingerprint density at radius 2 is 1.77 bits per heavy atom. The summed E-state index contributed by atoms with van der Waals surface area (Å²) >= 11 is 0. The van der Waals surface area contributed by atoms with Crippen LogP contribution in [-0.2, 0) is 6.42 Å². The first kappa shape index (κ1) is 15.0. The fourth-order valence-corrected chi connectivity index (χ4v) is 3.11. The molecular weight excluding hydrogens is 270 g/mol. The Morgan fingerprint density at radius 3 is 2.50 bits per heavy atom. The minimum absolute atomic E-state index is 1.14. The van der Waals surface area contributed by atoms with E-state index in [-0.39, 0.29) is 0 Å². The lowest BCUT2D eigenvalue weighted by atomic mass is 10.1. The number of hydrogen-bond donors (Lipinski definition) is 0. The lowest BCUT2D eigenvalue weighted by molar-refractivity contribution is 0.255. The predicted octanol–water partition coefficient (Wildman–Crippen LogP) is 3.14. The fraction of sp³-hybridized carbons (Fsp3) is 0.421. The van der Waals surface area contributed by atoms with Gasteiger partial charge in [-0.2, -0.15) is 0 Å². The summed E-state index contributed by atoms with van der Waals surface area (Å²) in [7, 11) is 0. The molecule has 22 heavy (non-hydrogen) atoms. The van der Waals surface area contributed by atoms with Crippen molar-refractivity contribution in [1.82, 2.24) is 9.88 Å². The second kappa shape index (κ2) is 7.41. The highest BCUT2D eigenvalue weighted by atomic mass is 15.3. The smallest absolute Gasteiger partial charge is 0.0369 e. The molecule has 1 aromatic heterocycles. The van der Waals surface area contributed by atoms with Gasteiger partial charge in [0.15, 0.2) is 0 Å². The fourth-order valence-electron chi connectivity index (χ4n) is 3.11. The molecule has 0 saturated carbocycles. The number of rotatable bonds is 5. The number of pyridine rings is 1. The second-order valence-corrected chi connectivity index (χ2v) is 6.13. The lowest BCUT2D eigenvalue weighted by Crippen LogP contribution is -2.46. The van der Waals surface area contributed by atoms with E-state index in [4.69, 9.17) is 0 Å². The molecule has 116 valence electrons. The maximum atomic E-state index is 4.07. The molecule has 0 amide bonds. The summed E-state index contributed by atoms with van der Waals surface area (Å²) in [6, 6.07) is 13.1. The number of piperazine rings is 1. The van der Waals surface area contributed by atoms with Crippen molar-refractivity contribution in [2.24, 2.45) is 0 Å². The van der Waals surface area contributed by atoms with E-state index in [1.54, 1.807) is 0 Å². The zero-order chi connectivity index (χ0) is 15.2. The summed E-state index contributed by atoms with van der Waals surface area (Å²) in [5, 5.41) is 0. The molecule has 0 radical (unpaired) electrons. The molecule has 2 heterocycles. The zero-order valence-corrected chi connectivity index (χ0v) is 13.4. The van der Waals surface area contributed by atoms with Gasteiger partial charge in [0.05, 0.1) is 0 Å². The van der Waals surface area contributed by atoms with E-state index in [0.717, 1.165) is 19.5 Å². The molecular formula is C19H25N3. The largest absolute Gasteiger partial charge is 0.369 e. The average Bonchev–Trinajstić information content (AvgIpc) is 2.56. The summed E-state index contributed by atoms with van der Waals surface area (Å²) in [6.45, 7) is 7.98. The summed E-state index contributed by atoms with van der Waals surface area (Å²) in [5.74, 6) is 0. The Kier molecular flexibility index (Phi) is 5.07. The topological polar surface area (TPSA) is 19.4 Å². The van der Waals surface area contributed by atoms with Crippen molar-refractivity contribution in [3.05, 3.63) is 59.9 Å². The van der Waals surface area contributed by atoms with Gasteiger partial charge in [0.2, 0.25) is 0 Å². The van der Waals surface area contributed by atoms with Crippen LogP contribution in [-0.4, -0.2) is 42.6 Å². The van der Waals surface area contributed by atoms with Crippen LogP contribution in [0.3, 0.4) is 0 Å². The van der Waals surface area contributed by atoms with E-state index >= 15 is 0 Å². The highest BCUT2D eigenvalue weighted by molar-refractivity contribution is 5.48. The third-order valence-corrected chi connectivity index (χ3v) is 4.43. The molecule has 0 aliphatic carbocycles. The summed E-state index contributed by atoms with van der Waals surface area (Å²) < 4.78 is 0. The van der Waals surface area contributed by atoms with Crippen LogP contribution >= 0.6 is 0 Å². The van der Waals surface area contributed by atoms with E-state index in [2.05, 4.69) is 58.1 Å². The first-order valence-corrected chi connectivity index (χ1v) is 8.24. The maximum absolute atomic E-state index is 4.07. The molecule has 1 saturated heterocycles. The van der Waals surface area contributed by atoms with Crippen molar-refractivity contribution in [2.75, 3.05) is 37.6 Å². The van der Waals surface area contributed by atoms with Crippen molar-refractivity contribution in [3.63, 3.8) is 0 Å². The Labute approximate surface area is 133 Å². The predicted molar refractivity (Wildman–Crippen MR) is 92.4 cm³/mol. The molecule has 0 bridgehead atoms. The van der Waals surface area contributed by atoms with Gasteiger partial charge in [-0.15, -0.1) is 0 Å². The van der Waals surface area contributed by atoms with Crippen molar-refractivity contribution in [2.45, 2.75) is 19.8 Å². The highest BCUT2D eigenvalue weighted by Crippen LogP contribution is 2.18. The minimum Gasteiger partial charge on any atom is -0.369 e. The van der Waals surface area contributed by atoms with Crippen molar-refractivity contribution >= 4 is 5.69 Å². The third-order valence-electron chi connectivity index (χ3n) is 4.43. The molecule has 3 heteroatoms.